The van der Waals surface area contributed by atoms with Gasteiger partial charge in [-0.15, -0.1) is 0 Å². The van der Waals surface area contributed by atoms with Gasteiger partial charge in [0, 0.05) is 5.69 Å². The van der Waals surface area contributed by atoms with Crippen molar-refractivity contribution in [1.29, 1.82) is 5.26 Å². The number of hydrogen-bond acceptors (Lipinski definition) is 2. The fourth-order valence-corrected chi connectivity index (χ4v) is 2.02. The molecule has 0 spiro atoms. The quantitative estimate of drug-likeness (QED) is 0.885. The number of halogens is 1. The van der Waals surface area contributed by atoms with E-state index in [1.165, 1.54) is 6.07 Å². The predicted octanol–water partition coefficient (Wildman–Crippen LogP) is 4.31. The summed E-state index contributed by atoms with van der Waals surface area (Å²) in [4.78, 5) is 0. The zero-order chi connectivity index (χ0) is 13.8. The zero-order valence-electron chi connectivity index (χ0n) is 11.0. The molecule has 2 nitrogen and oxygen atoms in total. The van der Waals surface area contributed by atoms with E-state index in [2.05, 4.69) is 12.2 Å². The van der Waals surface area contributed by atoms with Gasteiger partial charge in [-0.3, -0.25) is 0 Å². The minimum absolute atomic E-state index is 0.323. The van der Waals surface area contributed by atoms with Gasteiger partial charge in [-0.2, -0.15) is 5.26 Å². The monoisotopic (exact) mass is 254 g/mol. The highest BCUT2D eigenvalue weighted by atomic mass is 19.1. The molecule has 0 amide bonds. The van der Waals surface area contributed by atoms with Gasteiger partial charge in [0.25, 0.3) is 0 Å². The van der Waals surface area contributed by atoms with Gasteiger partial charge in [0.15, 0.2) is 0 Å². The summed E-state index contributed by atoms with van der Waals surface area (Å²) in [5.74, 6) is -0.413. The van der Waals surface area contributed by atoms with Crippen LogP contribution in [0.3, 0.4) is 0 Å². The van der Waals surface area contributed by atoms with E-state index < -0.39 is 5.82 Å². The van der Waals surface area contributed by atoms with Crippen molar-refractivity contribution in [1.82, 2.24) is 0 Å². The van der Waals surface area contributed by atoms with Crippen LogP contribution in [0.1, 0.15) is 23.6 Å². The van der Waals surface area contributed by atoms with E-state index in [0.717, 1.165) is 23.2 Å². The Kier molecular flexibility index (Phi) is 3.82. The minimum Gasteiger partial charge on any atom is -0.353 e. The van der Waals surface area contributed by atoms with Crippen LogP contribution in [0, 0.1) is 24.1 Å². The number of para-hydroxylation sites is 1. The second-order valence-electron chi connectivity index (χ2n) is 4.39. The van der Waals surface area contributed by atoms with Gasteiger partial charge in [0.05, 0.1) is 17.3 Å². The molecule has 0 aliphatic carbocycles. The number of nitrogens with one attached hydrogen (secondary N) is 1. The van der Waals surface area contributed by atoms with Crippen LogP contribution in [-0.2, 0) is 6.42 Å². The molecule has 96 valence electrons. The highest BCUT2D eigenvalue weighted by Crippen LogP contribution is 2.27. The lowest BCUT2D eigenvalue weighted by molar-refractivity contribution is 0.631. The van der Waals surface area contributed by atoms with Gasteiger partial charge in [0.1, 0.15) is 5.82 Å². The Hall–Kier alpha value is -2.34. The number of rotatable bonds is 3. The van der Waals surface area contributed by atoms with E-state index in [1.807, 2.05) is 31.2 Å². The minimum atomic E-state index is -0.413. The molecule has 0 aliphatic heterocycles. The van der Waals surface area contributed by atoms with Gasteiger partial charge in [-0.25, -0.2) is 4.39 Å². The van der Waals surface area contributed by atoms with Crippen LogP contribution in [-0.4, -0.2) is 0 Å². The molecule has 0 bridgehead atoms. The predicted molar refractivity (Wildman–Crippen MR) is 75.0 cm³/mol. The maximum atomic E-state index is 13.9. The van der Waals surface area contributed by atoms with Gasteiger partial charge < -0.3 is 5.32 Å². The second-order valence-corrected chi connectivity index (χ2v) is 4.39. The Morgan fingerprint density at radius 1 is 1.26 bits per heavy atom. The van der Waals surface area contributed by atoms with Crippen LogP contribution in [0.25, 0.3) is 0 Å². The largest absolute Gasteiger partial charge is 0.353 e. The topological polar surface area (TPSA) is 35.8 Å². The van der Waals surface area contributed by atoms with Crippen molar-refractivity contribution >= 4 is 11.4 Å². The van der Waals surface area contributed by atoms with Gasteiger partial charge in [0.2, 0.25) is 0 Å². The number of nitrogens with zero attached hydrogens (tertiary/aromatic N) is 1. The maximum absolute atomic E-state index is 13.9. The summed E-state index contributed by atoms with van der Waals surface area (Å²) in [7, 11) is 0. The lowest BCUT2D eigenvalue weighted by atomic mass is 10.1. The average Bonchev–Trinajstić information content (AvgIpc) is 2.42. The third kappa shape index (κ3) is 2.74. The third-order valence-corrected chi connectivity index (χ3v) is 3.10. The number of benzene rings is 2. The van der Waals surface area contributed by atoms with Crippen molar-refractivity contribution in [3.8, 4) is 6.07 Å². The van der Waals surface area contributed by atoms with Gasteiger partial charge in [-0.05, 0) is 42.7 Å². The Labute approximate surface area is 112 Å². The highest BCUT2D eigenvalue weighted by molar-refractivity contribution is 5.67. The van der Waals surface area contributed by atoms with Crippen LogP contribution in [0.15, 0.2) is 36.4 Å². The molecule has 0 radical (unpaired) electrons. The fraction of sp³-hybridized carbons (Fsp3) is 0.188. The van der Waals surface area contributed by atoms with E-state index in [9.17, 15) is 4.39 Å². The van der Waals surface area contributed by atoms with Crippen LogP contribution in [0.4, 0.5) is 15.8 Å². The first kappa shape index (κ1) is 13.1. The molecule has 1 N–H and O–H groups in total. The first-order valence-electron chi connectivity index (χ1n) is 6.21. The smallest absolute Gasteiger partial charge is 0.147 e. The molecule has 3 heteroatoms. The fourth-order valence-electron chi connectivity index (χ4n) is 2.02. The molecule has 0 saturated carbocycles. The summed E-state index contributed by atoms with van der Waals surface area (Å²) in [5.41, 5.74) is 3.87. The molecular weight excluding hydrogens is 239 g/mol. The summed E-state index contributed by atoms with van der Waals surface area (Å²) < 4.78 is 13.9. The molecule has 0 aromatic heterocycles. The summed E-state index contributed by atoms with van der Waals surface area (Å²) in [6, 6.07) is 12.4. The number of anilines is 2. The lowest BCUT2D eigenvalue weighted by Gasteiger charge is -2.14. The summed E-state index contributed by atoms with van der Waals surface area (Å²) in [6.45, 7) is 4.05. The Morgan fingerprint density at radius 2 is 2.05 bits per heavy atom. The van der Waals surface area contributed by atoms with Crippen molar-refractivity contribution in [2.24, 2.45) is 0 Å². The molecule has 2 aromatic carbocycles. The van der Waals surface area contributed by atoms with Crippen molar-refractivity contribution < 1.29 is 4.39 Å². The van der Waals surface area contributed by atoms with E-state index in [0.29, 0.717) is 11.3 Å². The first-order valence-corrected chi connectivity index (χ1v) is 6.21. The Morgan fingerprint density at radius 3 is 2.68 bits per heavy atom. The zero-order valence-corrected chi connectivity index (χ0v) is 11.0. The molecule has 0 saturated heterocycles. The molecule has 19 heavy (non-hydrogen) atoms. The van der Waals surface area contributed by atoms with Crippen LogP contribution < -0.4 is 5.32 Å². The van der Waals surface area contributed by atoms with Crippen LogP contribution >= 0.6 is 0 Å². The molecule has 0 aliphatic rings. The van der Waals surface area contributed by atoms with Gasteiger partial charge >= 0.3 is 0 Å². The Bertz CT molecular complexity index is 642. The van der Waals surface area contributed by atoms with Crippen LogP contribution in [0.2, 0.25) is 0 Å². The van der Waals surface area contributed by atoms with Crippen molar-refractivity contribution in [2.75, 3.05) is 5.32 Å². The van der Waals surface area contributed by atoms with Gasteiger partial charge in [-0.1, -0.05) is 25.1 Å². The molecule has 0 heterocycles. The van der Waals surface area contributed by atoms with E-state index in [1.54, 1.807) is 12.1 Å². The molecule has 0 atom stereocenters. The molecule has 2 rings (SSSR count). The van der Waals surface area contributed by atoms with E-state index >= 15 is 0 Å². The first-order chi connectivity index (χ1) is 9.15. The molecule has 2 aromatic rings. The third-order valence-electron chi connectivity index (χ3n) is 3.10. The normalized spacial score (nSPS) is 10.0. The summed E-state index contributed by atoms with van der Waals surface area (Å²) >= 11 is 0. The summed E-state index contributed by atoms with van der Waals surface area (Å²) in [6.07, 6.45) is 0.877. The SMILES string of the molecule is CCc1cccc(C)c1Nc1ccc(C#N)cc1F. The standard InChI is InChI=1S/C16H15FN2/c1-3-13-6-4-5-11(2)16(13)19-15-8-7-12(10-18)9-14(15)17/h4-9,19H,3H2,1-2H3. The summed E-state index contributed by atoms with van der Waals surface area (Å²) in [5, 5.41) is 11.9. The second kappa shape index (κ2) is 5.53. The van der Waals surface area contributed by atoms with Crippen molar-refractivity contribution in [3.63, 3.8) is 0 Å². The molecule has 0 fully saturated rings. The average molecular weight is 254 g/mol. The maximum Gasteiger partial charge on any atom is 0.147 e. The number of aryl methyl sites for hydroxylation is 2. The van der Waals surface area contributed by atoms with E-state index in [-0.39, 0.29) is 0 Å². The van der Waals surface area contributed by atoms with E-state index in [4.69, 9.17) is 5.26 Å². The number of hydrogen-bond donors (Lipinski definition) is 1. The van der Waals surface area contributed by atoms with Crippen LogP contribution in [0.5, 0.6) is 0 Å². The van der Waals surface area contributed by atoms with Crippen molar-refractivity contribution in [2.45, 2.75) is 20.3 Å². The lowest BCUT2D eigenvalue weighted by Crippen LogP contribution is -2.00. The molecule has 0 unspecified atom stereocenters. The van der Waals surface area contributed by atoms with Crippen molar-refractivity contribution in [3.05, 3.63) is 58.9 Å². The number of nitriles is 1. The highest BCUT2D eigenvalue weighted by Gasteiger charge is 2.08. The molecular formula is C16H15FN2. The Balaban J connectivity index is 2.39.